The van der Waals surface area contributed by atoms with E-state index in [4.69, 9.17) is 11.6 Å². The molecule has 1 aromatic heterocycles. The van der Waals surface area contributed by atoms with Crippen molar-refractivity contribution >= 4 is 17.5 Å². The van der Waals surface area contributed by atoms with Crippen LogP contribution in [0, 0.1) is 5.92 Å². The molecule has 1 aliphatic rings. The van der Waals surface area contributed by atoms with E-state index in [2.05, 4.69) is 11.9 Å². The lowest BCUT2D eigenvalue weighted by molar-refractivity contribution is 0.0695. The van der Waals surface area contributed by atoms with Gasteiger partial charge in [-0.05, 0) is 24.5 Å². The number of hydrogen-bond donors (Lipinski definition) is 0. The van der Waals surface area contributed by atoms with Gasteiger partial charge < -0.3 is 4.90 Å². The molecule has 2 unspecified atom stereocenters. The number of aromatic nitrogens is 1. The first kappa shape index (κ1) is 11.4. The number of carbonyl (C=O) groups is 1. The molecule has 3 nitrogen and oxygen atoms in total. The van der Waals surface area contributed by atoms with Crippen molar-refractivity contribution in [3.8, 4) is 0 Å². The van der Waals surface area contributed by atoms with Crippen LogP contribution in [0.1, 0.15) is 23.8 Å². The largest absolute Gasteiger partial charge is 0.336 e. The van der Waals surface area contributed by atoms with Gasteiger partial charge in [-0.3, -0.25) is 9.78 Å². The SMILES string of the molecule is CC1CCN(C(=O)c2ccccn2)CC1Cl. The van der Waals surface area contributed by atoms with E-state index in [1.54, 1.807) is 23.2 Å². The minimum atomic E-state index is -0.0156. The second-order valence-electron chi connectivity index (χ2n) is 4.25. The third-order valence-corrected chi connectivity index (χ3v) is 3.61. The van der Waals surface area contributed by atoms with Crippen molar-refractivity contribution in [1.82, 2.24) is 9.88 Å². The minimum absolute atomic E-state index is 0.0156. The molecule has 0 radical (unpaired) electrons. The molecule has 2 atom stereocenters. The number of pyridine rings is 1. The normalized spacial score (nSPS) is 25.5. The van der Waals surface area contributed by atoms with Gasteiger partial charge in [0.05, 0.1) is 5.38 Å². The highest BCUT2D eigenvalue weighted by Gasteiger charge is 2.28. The zero-order chi connectivity index (χ0) is 11.5. The second kappa shape index (κ2) is 4.83. The minimum Gasteiger partial charge on any atom is -0.336 e. The summed E-state index contributed by atoms with van der Waals surface area (Å²) in [5, 5.41) is 0.0569. The van der Waals surface area contributed by atoms with Gasteiger partial charge in [0.1, 0.15) is 5.69 Å². The number of amides is 1. The zero-order valence-corrected chi connectivity index (χ0v) is 10.0. The van der Waals surface area contributed by atoms with Gasteiger partial charge in [0.25, 0.3) is 5.91 Å². The van der Waals surface area contributed by atoms with Gasteiger partial charge >= 0.3 is 0 Å². The van der Waals surface area contributed by atoms with Crippen molar-refractivity contribution in [2.24, 2.45) is 5.92 Å². The lowest BCUT2D eigenvalue weighted by atomic mass is 9.98. The van der Waals surface area contributed by atoms with Crippen LogP contribution >= 0.6 is 11.6 Å². The maximum absolute atomic E-state index is 12.1. The second-order valence-corrected chi connectivity index (χ2v) is 4.81. The molecule has 2 rings (SSSR count). The highest BCUT2D eigenvalue weighted by atomic mass is 35.5. The van der Waals surface area contributed by atoms with Gasteiger partial charge in [-0.15, -0.1) is 11.6 Å². The van der Waals surface area contributed by atoms with Crippen molar-refractivity contribution < 1.29 is 4.79 Å². The van der Waals surface area contributed by atoms with E-state index in [9.17, 15) is 4.79 Å². The highest BCUT2D eigenvalue weighted by molar-refractivity contribution is 6.21. The molecule has 0 aromatic carbocycles. The van der Waals surface area contributed by atoms with Crippen LogP contribution in [0.3, 0.4) is 0 Å². The van der Waals surface area contributed by atoms with Crippen molar-refractivity contribution in [3.63, 3.8) is 0 Å². The standard InChI is InChI=1S/C12H15ClN2O/c1-9-5-7-15(8-10(9)13)12(16)11-4-2-3-6-14-11/h2-4,6,9-10H,5,7-8H2,1H3. The van der Waals surface area contributed by atoms with Gasteiger partial charge in [-0.25, -0.2) is 0 Å². The molecular weight excluding hydrogens is 224 g/mol. The molecule has 86 valence electrons. The molecule has 1 aliphatic heterocycles. The van der Waals surface area contributed by atoms with Gasteiger partial charge in [0, 0.05) is 19.3 Å². The summed E-state index contributed by atoms with van der Waals surface area (Å²) in [6, 6.07) is 5.37. The molecule has 0 bridgehead atoms. The first-order valence-electron chi connectivity index (χ1n) is 5.53. The molecule has 16 heavy (non-hydrogen) atoms. The lowest BCUT2D eigenvalue weighted by Gasteiger charge is -2.33. The van der Waals surface area contributed by atoms with Crippen LogP contribution in [0.5, 0.6) is 0 Å². The first-order chi connectivity index (χ1) is 7.68. The van der Waals surface area contributed by atoms with Crippen LogP contribution in [0.25, 0.3) is 0 Å². The van der Waals surface area contributed by atoms with Crippen LogP contribution < -0.4 is 0 Å². The van der Waals surface area contributed by atoms with Crippen LogP contribution in [0.15, 0.2) is 24.4 Å². The fourth-order valence-corrected chi connectivity index (χ4v) is 2.15. The Morgan fingerprint density at radius 1 is 1.56 bits per heavy atom. The molecular formula is C12H15ClN2O. The monoisotopic (exact) mass is 238 g/mol. The van der Waals surface area contributed by atoms with Crippen LogP contribution in [-0.4, -0.2) is 34.3 Å². The molecule has 0 aliphatic carbocycles. The summed E-state index contributed by atoms with van der Waals surface area (Å²) in [5.74, 6) is 0.465. The highest BCUT2D eigenvalue weighted by Crippen LogP contribution is 2.22. The summed E-state index contributed by atoms with van der Waals surface area (Å²) in [7, 11) is 0. The quantitative estimate of drug-likeness (QED) is 0.703. The molecule has 1 saturated heterocycles. The molecule has 0 saturated carbocycles. The van der Waals surface area contributed by atoms with Crippen molar-refractivity contribution in [3.05, 3.63) is 30.1 Å². The predicted molar refractivity (Wildman–Crippen MR) is 63.6 cm³/mol. The van der Waals surface area contributed by atoms with Crippen molar-refractivity contribution in [2.75, 3.05) is 13.1 Å². The van der Waals surface area contributed by atoms with Crippen LogP contribution in [0.2, 0.25) is 0 Å². The van der Waals surface area contributed by atoms with E-state index in [0.717, 1.165) is 13.0 Å². The third kappa shape index (κ3) is 2.35. The van der Waals surface area contributed by atoms with Crippen LogP contribution in [-0.2, 0) is 0 Å². The van der Waals surface area contributed by atoms with Gasteiger partial charge in [-0.2, -0.15) is 0 Å². The number of alkyl halides is 1. The molecule has 1 amide bonds. The van der Waals surface area contributed by atoms with E-state index < -0.39 is 0 Å². The molecule has 4 heteroatoms. The van der Waals surface area contributed by atoms with E-state index >= 15 is 0 Å². The fraction of sp³-hybridized carbons (Fsp3) is 0.500. The number of halogens is 1. The number of piperidine rings is 1. The average molecular weight is 239 g/mol. The number of nitrogens with zero attached hydrogens (tertiary/aromatic N) is 2. The summed E-state index contributed by atoms with van der Waals surface area (Å²) in [4.78, 5) is 17.9. The number of likely N-dealkylation sites (tertiary alicyclic amines) is 1. The van der Waals surface area contributed by atoms with E-state index in [-0.39, 0.29) is 11.3 Å². The number of hydrogen-bond acceptors (Lipinski definition) is 2. The van der Waals surface area contributed by atoms with Crippen LogP contribution in [0.4, 0.5) is 0 Å². The predicted octanol–water partition coefficient (Wildman–Crippen LogP) is 2.17. The Balaban J connectivity index is 2.06. The Kier molecular flexibility index (Phi) is 3.44. The number of rotatable bonds is 1. The first-order valence-corrected chi connectivity index (χ1v) is 5.96. The Morgan fingerprint density at radius 2 is 2.38 bits per heavy atom. The molecule has 1 fully saturated rings. The zero-order valence-electron chi connectivity index (χ0n) is 9.27. The smallest absolute Gasteiger partial charge is 0.272 e. The maximum Gasteiger partial charge on any atom is 0.272 e. The molecule has 0 spiro atoms. The summed E-state index contributed by atoms with van der Waals surface area (Å²) in [6.07, 6.45) is 2.60. The van der Waals surface area contributed by atoms with Crippen molar-refractivity contribution in [2.45, 2.75) is 18.7 Å². The Bertz CT molecular complexity index is 369. The van der Waals surface area contributed by atoms with Gasteiger partial charge in [0.2, 0.25) is 0 Å². The summed E-state index contributed by atoms with van der Waals surface area (Å²) in [6.45, 7) is 3.53. The molecule has 1 aromatic rings. The Morgan fingerprint density at radius 3 is 3.00 bits per heavy atom. The average Bonchev–Trinajstić information content (AvgIpc) is 2.33. The van der Waals surface area contributed by atoms with Gasteiger partial charge in [0.15, 0.2) is 0 Å². The Labute approximate surface area is 100 Å². The maximum atomic E-state index is 12.1. The lowest BCUT2D eigenvalue weighted by Crippen LogP contribution is -2.44. The van der Waals surface area contributed by atoms with E-state index in [1.807, 2.05) is 6.07 Å². The third-order valence-electron chi connectivity index (χ3n) is 3.04. The summed E-state index contributed by atoms with van der Waals surface area (Å²) in [5.41, 5.74) is 0.501. The van der Waals surface area contributed by atoms with E-state index in [0.29, 0.717) is 18.2 Å². The van der Waals surface area contributed by atoms with Gasteiger partial charge in [-0.1, -0.05) is 13.0 Å². The molecule has 2 heterocycles. The van der Waals surface area contributed by atoms with E-state index in [1.165, 1.54) is 0 Å². The van der Waals surface area contributed by atoms with Crippen molar-refractivity contribution in [1.29, 1.82) is 0 Å². The Hall–Kier alpha value is -1.09. The summed E-state index contributed by atoms with van der Waals surface area (Å²) < 4.78 is 0. The topological polar surface area (TPSA) is 33.2 Å². The number of carbonyl (C=O) groups excluding carboxylic acids is 1. The fourth-order valence-electron chi connectivity index (χ4n) is 1.86. The summed E-state index contributed by atoms with van der Waals surface area (Å²) >= 11 is 6.18. The molecule has 0 N–H and O–H groups in total.